The average Bonchev–Trinajstić information content (AvgIpc) is 4.03. The Labute approximate surface area is 478 Å². The topological polar surface area (TPSA) is 266 Å². The molecule has 5 N–H and O–H groups in total. The summed E-state index contributed by atoms with van der Waals surface area (Å²) in [5.41, 5.74) is 2.76. The summed E-state index contributed by atoms with van der Waals surface area (Å²) in [6.45, 7) is -0.0790. The molecule has 0 spiro atoms. The normalized spacial score (nSPS) is 12.1. The Bertz CT molecular complexity index is 3880. The number of carbonyl (C=O) groups is 6. The van der Waals surface area contributed by atoms with Crippen LogP contribution in [0.1, 0.15) is 17.5 Å². The van der Waals surface area contributed by atoms with Crippen molar-refractivity contribution in [1.29, 1.82) is 0 Å². The van der Waals surface area contributed by atoms with Gasteiger partial charge in [0.05, 0.1) is 48.9 Å². The highest BCUT2D eigenvalue weighted by Gasteiger charge is 2.25. The molecule has 4 aromatic heterocycles. The van der Waals surface area contributed by atoms with E-state index in [4.69, 9.17) is 88.2 Å². The molecule has 5 heterocycles. The first kappa shape index (κ1) is 58.2. The largest absolute Gasteiger partial charge is 0.481 e. The number of ether oxygens (including phenoxy) is 1. The SMILES string of the molecule is O=C(Cc1ccc2ncnc(Nc3cc(Cl)c(Cl)cc3F)c2c1)Cn1[nH]c(=S)sc1=S.O=C(O)CC(Sc1nn(CC(=O)Cc2ccc3ncnc(Nc4cc(Cl)c(Cl)cc4F)c3c2)c(=S)s1)C(=O)O.O=C1C=CC(=O)O1. The van der Waals surface area contributed by atoms with Gasteiger partial charge in [-0.3, -0.25) is 29.0 Å². The predicted octanol–water partition coefficient (Wildman–Crippen LogP) is 11.5. The predicted molar refractivity (Wildman–Crippen MR) is 295 cm³/mol. The second-order valence-corrected chi connectivity index (χ2v) is 22.6. The quantitative estimate of drug-likeness (QED) is 0.0186. The minimum Gasteiger partial charge on any atom is -0.481 e. The van der Waals surface area contributed by atoms with Gasteiger partial charge < -0.3 is 25.6 Å². The molecule has 9 rings (SSSR count). The number of Topliss-reactive ketones (excluding diaryl/α,β-unsaturated/α-hetero) is 2. The van der Waals surface area contributed by atoms with Crippen LogP contribution in [0.4, 0.5) is 31.8 Å². The third-order valence-electron chi connectivity index (χ3n) is 10.0. The molecular weight excluding hydrogens is 1210 g/mol. The summed E-state index contributed by atoms with van der Waals surface area (Å²) < 4.78 is 37.0. The van der Waals surface area contributed by atoms with Crippen molar-refractivity contribution >= 4 is 198 Å². The minimum absolute atomic E-state index is 0.00392. The molecule has 0 saturated carbocycles. The number of rotatable bonds is 17. The maximum atomic E-state index is 14.4. The summed E-state index contributed by atoms with van der Waals surface area (Å²) in [5, 5.41) is 31.5. The van der Waals surface area contributed by atoms with E-state index in [1.54, 1.807) is 35.0 Å². The van der Waals surface area contributed by atoms with Crippen LogP contribution in [0.3, 0.4) is 0 Å². The standard InChI is InChI=1S/C23H16Cl2FN5O5S3.C19H12Cl2FN5OS3.C4H2O3/c24-13-5-15(26)17(6-14(13)25)29-20-12-4-10(1-2-16(12)27-9-28-20)3-11(32)8-31-23(37)39-22(30-31)38-18(21(35)36)7-19(33)34;20-12-5-14(22)16(6-13(12)21)25-17-11-4-9(1-2-15(11)23-8-24-17)3-10(28)7-27-19(30)31-18(29)26-27;5-3-1-2-4(6)7-3/h1-2,4-6,9,18H,3,7-8H2,(H,33,34)(H,35,36)(H,27,28,29);1-2,4-6,8H,3,7H2,(H,26,29)(H,23,24,25);1-2H. The molecule has 1 aliphatic rings. The molecule has 1 aliphatic heterocycles. The summed E-state index contributed by atoms with van der Waals surface area (Å²) in [6, 6.07) is 15.4. The summed E-state index contributed by atoms with van der Waals surface area (Å²) in [7, 11) is 0. The number of aliphatic carboxylic acids is 2. The van der Waals surface area contributed by atoms with E-state index in [9.17, 15) is 42.7 Å². The Morgan fingerprint density at radius 2 is 1.19 bits per heavy atom. The van der Waals surface area contributed by atoms with Gasteiger partial charge in [0, 0.05) is 35.8 Å². The number of carboxylic acid groups (broad SMARTS) is 2. The van der Waals surface area contributed by atoms with Crippen molar-refractivity contribution in [3.05, 3.63) is 140 Å². The molecule has 396 valence electrons. The van der Waals surface area contributed by atoms with E-state index in [2.05, 4.69) is 45.5 Å². The summed E-state index contributed by atoms with van der Waals surface area (Å²) in [4.78, 5) is 84.3. The number of anilines is 4. The molecule has 0 fully saturated rings. The molecule has 19 nitrogen and oxygen atoms in total. The molecule has 1 atom stereocenters. The third kappa shape index (κ3) is 16.0. The molecule has 0 saturated heterocycles. The van der Waals surface area contributed by atoms with Crippen molar-refractivity contribution in [2.45, 2.75) is 41.9 Å². The summed E-state index contributed by atoms with van der Waals surface area (Å²) in [6.07, 6.45) is 4.44. The average molecular weight is 1240 g/mol. The number of carbonyl (C=O) groups excluding carboxylic acids is 4. The zero-order valence-electron chi connectivity index (χ0n) is 38.3. The Morgan fingerprint density at radius 1 is 0.701 bits per heavy atom. The fraction of sp³-hybridized carbons (Fsp3) is 0.130. The second kappa shape index (κ2) is 26.2. The van der Waals surface area contributed by atoms with Gasteiger partial charge in [-0.15, -0.1) is 0 Å². The van der Waals surface area contributed by atoms with E-state index in [1.165, 1.54) is 40.8 Å². The van der Waals surface area contributed by atoms with Crippen LogP contribution in [0.5, 0.6) is 0 Å². The minimum atomic E-state index is -1.29. The van der Waals surface area contributed by atoms with Crippen molar-refractivity contribution < 1.29 is 52.5 Å². The zero-order chi connectivity index (χ0) is 55.7. The number of nitrogens with one attached hydrogen (secondary N) is 3. The molecule has 4 aromatic carbocycles. The Balaban J connectivity index is 0.000000202. The van der Waals surface area contributed by atoms with Gasteiger partial charge in [0.15, 0.2) is 27.8 Å². The Hall–Kier alpha value is -6.53. The van der Waals surface area contributed by atoms with Crippen molar-refractivity contribution in [3.8, 4) is 0 Å². The molecule has 0 amide bonds. The molecule has 0 aliphatic carbocycles. The third-order valence-corrected chi connectivity index (χ3v) is 15.5. The maximum absolute atomic E-state index is 14.4. The van der Waals surface area contributed by atoms with Crippen molar-refractivity contribution in [3.63, 3.8) is 0 Å². The van der Waals surface area contributed by atoms with Crippen LogP contribution in [0.25, 0.3) is 21.8 Å². The zero-order valence-corrected chi connectivity index (χ0v) is 46.2. The van der Waals surface area contributed by atoms with Gasteiger partial charge in [-0.1, -0.05) is 93.0 Å². The number of thioether (sulfide) groups is 1. The fourth-order valence-electron chi connectivity index (χ4n) is 6.64. The van der Waals surface area contributed by atoms with Crippen LogP contribution in [-0.2, 0) is 59.4 Å². The van der Waals surface area contributed by atoms with E-state index in [0.29, 0.717) is 46.9 Å². The van der Waals surface area contributed by atoms with Crippen molar-refractivity contribution in [1.82, 2.24) is 39.5 Å². The lowest BCUT2D eigenvalue weighted by atomic mass is 10.1. The van der Waals surface area contributed by atoms with E-state index in [-0.39, 0.29) is 77.3 Å². The van der Waals surface area contributed by atoms with Crippen molar-refractivity contribution in [2.24, 2.45) is 0 Å². The number of aromatic amines is 1. The van der Waals surface area contributed by atoms with Gasteiger partial charge in [-0.05, 0) is 96.3 Å². The monoisotopic (exact) mass is 1240 g/mol. The highest BCUT2D eigenvalue weighted by molar-refractivity contribution is 8.02. The Morgan fingerprint density at radius 3 is 1.64 bits per heavy atom. The molecule has 1 unspecified atom stereocenters. The Kier molecular flexibility index (Phi) is 19.8. The van der Waals surface area contributed by atoms with Crippen LogP contribution >= 0.6 is 117 Å². The van der Waals surface area contributed by atoms with Gasteiger partial charge >= 0.3 is 23.9 Å². The van der Waals surface area contributed by atoms with E-state index in [1.807, 2.05) is 6.07 Å². The number of hydrogen-bond donors (Lipinski definition) is 5. The fourth-order valence-corrected chi connectivity index (χ4v) is 11.2. The highest BCUT2D eigenvalue weighted by Crippen LogP contribution is 2.34. The first-order valence-electron chi connectivity index (χ1n) is 21.4. The van der Waals surface area contributed by atoms with Crippen LogP contribution < -0.4 is 10.6 Å². The van der Waals surface area contributed by atoms with Crippen LogP contribution in [-0.4, -0.2) is 90.4 Å². The molecule has 77 heavy (non-hydrogen) atoms. The van der Waals surface area contributed by atoms with E-state index >= 15 is 0 Å². The van der Waals surface area contributed by atoms with Crippen LogP contribution in [0.2, 0.25) is 20.1 Å². The van der Waals surface area contributed by atoms with Gasteiger partial charge in [-0.25, -0.2) is 43.0 Å². The number of hydrogen-bond acceptors (Lipinski definition) is 20. The number of halogens is 6. The van der Waals surface area contributed by atoms with Gasteiger partial charge in [-0.2, -0.15) is 5.10 Å². The van der Waals surface area contributed by atoms with Crippen LogP contribution in [0, 0.1) is 23.5 Å². The second-order valence-electron chi connectivity index (χ2n) is 15.6. The lowest BCUT2D eigenvalue weighted by Gasteiger charge is -2.11. The summed E-state index contributed by atoms with van der Waals surface area (Å²) >= 11 is 42.2. The lowest BCUT2D eigenvalue weighted by Crippen LogP contribution is -2.20. The van der Waals surface area contributed by atoms with E-state index < -0.39 is 47.2 Å². The number of carboxylic acids is 2. The smallest absolute Gasteiger partial charge is 0.338 e. The first-order chi connectivity index (χ1) is 36.6. The number of nitrogens with zero attached hydrogens (tertiary/aromatic N) is 7. The number of ketones is 2. The number of H-pyrrole nitrogens is 1. The maximum Gasteiger partial charge on any atom is 0.338 e. The first-order valence-corrected chi connectivity index (χ1v) is 26.6. The number of cyclic esters (lactones) is 2. The number of benzene rings is 4. The number of esters is 2. The molecular formula is C46H30Cl4F2N10O9S6. The van der Waals surface area contributed by atoms with Crippen molar-refractivity contribution in [2.75, 3.05) is 10.6 Å². The summed E-state index contributed by atoms with van der Waals surface area (Å²) in [5.74, 6) is -4.53. The van der Waals surface area contributed by atoms with Gasteiger partial charge in [0.25, 0.3) is 0 Å². The highest BCUT2D eigenvalue weighted by atomic mass is 35.5. The molecule has 31 heteroatoms. The molecule has 0 bridgehead atoms. The van der Waals surface area contributed by atoms with Crippen LogP contribution in [0.15, 0.2) is 89.8 Å². The number of fused-ring (bicyclic) bond motifs is 2. The number of aromatic nitrogens is 8. The molecule has 0 radical (unpaired) electrons. The lowest BCUT2D eigenvalue weighted by molar-refractivity contribution is -0.150. The van der Waals surface area contributed by atoms with E-state index in [0.717, 1.165) is 52.9 Å². The molecule has 8 aromatic rings. The van der Waals surface area contributed by atoms with Gasteiger partial charge in [0.2, 0.25) is 0 Å². The van der Waals surface area contributed by atoms with Gasteiger partial charge in [0.1, 0.15) is 54.3 Å².